The van der Waals surface area contributed by atoms with E-state index in [9.17, 15) is 0 Å². The van der Waals surface area contributed by atoms with Crippen molar-refractivity contribution in [1.29, 1.82) is 0 Å². The fourth-order valence-corrected chi connectivity index (χ4v) is 3.44. The molecule has 4 rings (SSSR count). The second kappa shape index (κ2) is 4.84. The van der Waals surface area contributed by atoms with Crippen molar-refractivity contribution in [3.05, 3.63) is 29.7 Å². The van der Waals surface area contributed by atoms with Crippen molar-refractivity contribution in [2.45, 2.75) is 37.5 Å². The minimum atomic E-state index is -0.106. The molecule has 1 aromatic heterocycles. The molecule has 5 heteroatoms. The number of fused-ring (bicyclic) bond motifs is 1. The average Bonchev–Trinajstić information content (AvgIpc) is 3.25. The number of nitrogens with two attached hydrogens (primary N) is 1. The van der Waals surface area contributed by atoms with E-state index < -0.39 is 0 Å². The molecule has 0 radical (unpaired) electrons. The van der Waals surface area contributed by atoms with E-state index in [1.807, 2.05) is 12.1 Å². The molecule has 1 aliphatic heterocycles. The lowest BCUT2D eigenvalue weighted by Crippen LogP contribution is -2.32. The van der Waals surface area contributed by atoms with Crippen molar-refractivity contribution >= 4 is 0 Å². The van der Waals surface area contributed by atoms with Crippen molar-refractivity contribution < 1.29 is 9.26 Å². The second-order valence-corrected chi connectivity index (χ2v) is 6.04. The van der Waals surface area contributed by atoms with E-state index in [1.54, 1.807) is 0 Å². The number of hydrogen-bond donors (Lipinski definition) is 1. The first-order chi connectivity index (χ1) is 10.3. The van der Waals surface area contributed by atoms with Gasteiger partial charge in [-0.15, -0.1) is 0 Å². The zero-order valence-corrected chi connectivity index (χ0v) is 12.0. The lowest BCUT2D eigenvalue weighted by Gasteiger charge is -2.21. The smallest absolute Gasteiger partial charge is 0.234 e. The molecular formula is C16H19N3O2. The van der Waals surface area contributed by atoms with Gasteiger partial charge in [0, 0.05) is 18.5 Å². The molecule has 1 aromatic carbocycles. The highest BCUT2D eigenvalue weighted by Gasteiger charge is 2.39. The highest BCUT2D eigenvalue weighted by Crippen LogP contribution is 2.40. The van der Waals surface area contributed by atoms with Gasteiger partial charge in [-0.2, -0.15) is 4.98 Å². The van der Waals surface area contributed by atoms with E-state index in [1.165, 1.54) is 18.4 Å². The minimum absolute atomic E-state index is 0.106. The maximum atomic E-state index is 5.98. The molecule has 0 amide bonds. The fraction of sp³-hybridized carbons (Fsp3) is 0.500. The molecule has 0 bridgehead atoms. The van der Waals surface area contributed by atoms with Crippen molar-refractivity contribution in [2.24, 2.45) is 5.73 Å². The first-order valence-corrected chi connectivity index (χ1v) is 7.61. The Labute approximate surface area is 123 Å². The number of nitrogens with zero attached hydrogens (tertiary/aromatic N) is 2. The van der Waals surface area contributed by atoms with Crippen LogP contribution in [0.5, 0.6) is 5.75 Å². The highest BCUT2D eigenvalue weighted by molar-refractivity contribution is 5.59. The summed E-state index contributed by atoms with van der Waals surface area (Å²) < 4.78 is 11.1. The number of aromatic nitrogens is 2. The molecule has 2 heterocycles. The highest BCUT2D eigenvalue weighted by atomic mass is 16.5. The molecule has 1 aliphatic carbocycles. The van der Waals surface area contributed by atoms with Gasteiger partial charge in [0.05, 0.1) is 12.0 Å². The first kappa shape index (κ1) is 12.8. The minimum Gasteiger partial charge on any atom is -0.493 e. The van der Waals surface area contributed by atoms with Crippen LogP contribution in [-0.4, -0.2) is 23.3 Å². The van der Waals surface area contributed by atoms with Crippen LogP contribution >= 0.6 is 0 Å². The van der Waals surface area contributed by atoms with Crippen LogP contribution in [0.2, 0.25) is 0 Å². The molecule has 5 nitrogen and oxygen atoms in total. The van der Waals surface area contributed by atoms with Crippen LogP contribution in [0.25, 0.3) is 11.4 Å². The van der Waals surface area contributed by atoms with E-state index in [0.717, 1.165) is 37.2 Å². The summed E-state index contributed by atoms with van der Waals surface area (Å²) in [7, 11) is 0. The van der Waals surface area contributed by atoms with Crippen LogP contribution in [0, 0.1) is 0 Å². The first-order valence-electron chi connectivity index (χ1n) is 7.61. The molecule has 110 valence electrons. The molecule has 21 heavy (non-hydrogen) atoms. The number of ether oxygens (including phenoxy) is 1. The van der Waals surface area contributed by atoms with Crippen molar-refractivity contribution in [3.63, 3.8) is 0 Å². The third-order valence-corrected chi connectivity index (χ3v) is 4.78. The lowest BCUT2D eigenvalue weighted by molar-refractivity contribution is 0.284. The van der Waals surface area contributed by atoms with Gasteiger partial charge in [0.25, 0.3) is 0 Å². The van der Waals surface area contributed by atoms with Crippen LogP contribution in [0.15, 0.2) is 22.7 Å². The normalized spacial score (nSPS) is 19.5. The summed E-state index contributed by atoms with van der Waals surface area (Å²) in [6.45, 7) is 1.33. The monoisotopic (exact) mass is 285 g/mol. The summed E-state index contributed by atoms with van der Waals surface area (Å²) in [5, 5.41) is 4.17. The van der Waals surface area contributed by atoms with E-state index in [0.29, 0.717) is 18.3 Å². The summed E-state index contributed by atoms with van der Waals surface area (Å²) in [6.07, 6.45) is 5.41. The zero-order chi connectivity index (χ0) is 14.3. The molecule has 0 saturated heterocycles. The maximum absolute atomic E-state index is 5.98. The summed E-state index contributed by atoms with van der Waals surface area (Å²) in [4.78, 5) is 4.63. The maximum Gasteiger partial charge on any atom is 0.234 e. The Morgan fingerprint density at radius 3 is 2.90 bits per heavy atom. The predicted molar refractivity (Wildman–Crippen MR) is 78.1 cm³/mol. The molecule has 0 spiro atoms. The summed E-state index contributed by atoms with van der Waals surface area (Å²) in [5.74, 6) is 2.32. The third kappa shape index (κ3) is 2.03. The number of benzene rings is 1. The Hall–Kier alpha value is -1.88. The van der Waals surface area contributed by atoms with E-state index in [2.05, 4.69) is 16.2 Å². The molecule has 1 saturated carbocycles. The van der Waals surface area contributed by atoms with Gasteiger partial charge in [-0.25, -0.2) is 0 Å². The van der Waals surface area contributed by atoms with E-state index >= 15 is 0 Å². The lowest BCUT2D eigenvalue weighted by atomic mass is 9.86. The van der Waals surface area contributed by atoms with Crippen LogP contribution in [-0.2, 0) is 11.8 Å². The SMILES string of the molecule is NCC1(c2nc(-c3ccc4c(c3)CCO4)no2)CCCC1. The van der Waals surface area contributed by atoms with Gasteiger partial charge >= 0.3 is 0 Å². The van der Waals surface area contributed by atoms with Gasteiger partial charge in [0.2, 0.25) is 11.7 Å². The average molecular weight is 285 g/mol. The van der Waals surface area contributed by atoms with Gasteiger partial charge < -0.3 is 15.0 Å². The van der Waals surface area contributed by atoms with Gasteiger partial charge in [0.15, 0.2) is 0 Å². The Morgan fingerprint density at radius 2 is 2.10 bits per heavy atom. The third-order valence-electron chi connectivity index (χ3n) is 4.78. The Morgan fingerprint density at radius 1 is 1.24 bits per heavy atom. The summed E-state index contributed by atoms with van der Waals surface area (Å²) >= 11 is 0. The van der Waals surface area contributed by atoms with Crippen LogP contribution in [0.3, 0.4) is 0 Å². The van der Waals surface area contributed by atoms with Crippen LogP contribution in [0.1, 0.15) is 37.1 Å². The fourth-order valence-electron chi connectivity index (χ4n) is 3.44. The van der Waals surface area contributed by atoms with Gasteiger partial charge in [-0.05, 0) is 36.6 Å². The second-order valence-electron chi connectivity index (χ2n) is 6.04. The van der Waals surface area contributed by atoms with E-state index in [-0.39, 0.29) is 5.41 Å². The number of hydrogen-bond acceptors (Lipinski definition) is 5. The zero-order valence-electron chi connectivity index (χ0n) is 12.0. The van der Waals surface area contributed by atoms with Crippen molar-refractivity contribution in [3.8, 4) is 17.1 Å². The number of rotatable bonds is 3. The molecule has 0 unspecified atom stereocenters. The van der Waals surface area contributed by atoms with Crippen molar-refractivity contribution in [1.82, 2.24) is 10.1 Å². The molecule has 2 aromatic rings. The topological polar surface area (TPSA) is 74.2 Å². The quantitative estimate of drug-likeness (QED) is 0.937. The van der Waals surface area contributed by atoms with E-state index in [4.69, 9.17) is 15.0 Å². The largest absolute Gasteiger partial charge is 0.493 e. The summed E-state index contributed by atoms with van der Waals surface area (Å²) in [5.41, 5.74) is 8.07. The molecule has 0 atom stereocenters. The Bertz CT molecular complexity index is 659. The summed E-state index contributed by atoms with van der Waals surface area (Å²) in [6, 6.07) is 6.07. The van der Waals surface area contributed by atoms with Crippen LogP contribution in [0.4, 0.5) is 0 Å². The molecule has 1 fully saturated rings. The Balaban J connectivity index is 1.68. The van der Waals surface area contributed by atoms with Crippen molar-refractivity contribution in [2.75, 3.05) is 13.2 Å². The van der Waals surface area contributed by atoms with Gasteiger partial charge in [-0.1, -0.05) is 18.0 Å². The van der Waals surface area contributed by atoms with Gasteiger partial charge in [0.1, 0.15) is 5.75 Å². The van der Waals surface area contributed by atoms with Gasteiger partial charge in [-0.3, -0.25) is 0 Å². The standard InChI is InChI=1S/C16H19N3O2/c17-10-16(6-1-2-7-16)15-18-14(19-21-15)12-3-4-13-11(9-12)5-8-20-13/h3-4,9H,1-2,5-8,10,17H2. The van der Waals surface area contributed by atoms with Crippen LogP contribution < -0.4 is 10.5 Å². The predicted octanol–water partition coefficient (Wildman–Crippen LogP) is 2.44. The molecular weight excluding hydrogens is 266 g/mol. The molecule has 2 aliphatic rings. The Kier molecular flexibility index (Phi) is 2.96. The molecule has 2 N–H and O–H groups in total.